The van der Waals surface area contributed by atoms with E-state index in [2.05, 4.69) is 10.3 Å². The minimum Gasteiger partial charge on any atom is -0.480 e. The number of aliphatic carboxylic acids is 1. The molecule has 0 spiro atoms. The maximum Gasteiger partial charge on any atom is 0.325 e. The summed E-state index contributed by atoms with van der Waals surface area (Å²) >= 11 is 1.83. The quantitative estimate of drug-likeness (QED) is 0.818. The van der Waals surface area contributed by atoms with E-state index in [4.69, 9.17) is 5.11 Å². The molecule has 0 saturated carbocycles. The van der Waals surface area contributed by atoms with Crippen LogP contribution in [0.25, 0.3) is 0 Å². The van der Waals surface area contributed by atoms with Crippen molar-refractivity contribution in [3.8, 4) is 0 Å². The van der Waals surface area contributed by atoms with Crippen LogP contribution in [0, 0.1) is 0 Å². The molecule has 1 aliphatic rings. The standard InChI is InChI=1S/C10H12N2O2S/c1-6(10(13)14)11-9-3-2-7-4-15-5-8(7)12-9/h2-3,6H,4-5H2,1H3,(H,11,12)(H,13,14). The number of carboxylic acids is 1. The van der Waals surface area contributed by atoms with E-state index >= 15 is 0 Å². The Balaban J connectivity index is 2.13. The minimum atomic E-state index is -0.869. The van der Waals surface area contributed by atoms with Crippen molar-refractivity contribution in [2.24, 2.45) is 0 Å². The third-order valence-electron chi connectivity index (χ3n) is 2.30. The zero-order valence-electron chi connectivity index (χ0n) is 8.36. The van der Waals surface area contributed by atoms with Gasteiger partial charge in [-0.1, -0.05) is 6.07 Å². The number of aromatic nitrogens is 1. The van der Waals surface area contributed by atoms with Gasteiger partial charge in [-0.05, 0) is 18.6 Å². The van der Waals surface area contributed by atoms with Crippen molar-refractivity contribution >= 4 is 23.5 Å². The van der Waals surface area contributed by atoms with Gasteiger partial charge in [-0.25, -0.2) is 4.98 Å². The molecule has 1 atom stereocenters. The van der Waals surface area contributed by atoms with Crippen LogP contribution >= 0.6 is 11.8 Å². The Kier molecular flexibility index (Phi) is 2.81. The Hall–Kier alpha value is -1.23. The van der Waals surface area contributed by atoms with E-state index in [1.54, 1.807) is 6.92 Å². The fourth-order valence-corrected chi connectivity index (χ4v) is 2.44. The summed E-state index contributed by atoms with van der Waals surface area (Å²) in [6.45, 7) is 1.60. The van der Waals surface area contributed by atoms with E-state index in [9.17, 15) is 4.79 Å². The van der Waals surface area contributed by atoms with Crippen molar-refractivity contribution in [3.63, 3.8) is 0 Å². The summed E-state index contributed by atoms with van der Waals surface area (Å²) in [7, 11) is 0. The van der Waals surface area contributed by atoms with E-state index in [0.29, 0.717) is 5.82 Å². The summed E-state index contributed by atoms with van der Waals surface area (Å²) in [5, 5.41) is 11.6. The number of nitrogens with zero attached hydrogens (tertiary/aromatic N) is 1. The van der Waals surface area contributed by atoms with Crippen LogP contribution in [0.15, 0.2) is 12.1 Å². The number of anilines is 1. The first kappa shape index (κ1) is 10.3. The second-order valence-electron chi connectivity index (χ2n) is 3.50. The lowest BCUT2D eigenvalue weighted by atomic mass is 10.2. The van der Waals surface area contributed by atoms with Crippen LogP contribution in [0.1, 0.15) is 18.2 Å². The Bertz CT molecular complexity index is 395. The Morgan fingerprint density at radius 3 is 3.13 bits per heavy atom. The van der Waals surface area contributed by atoms with Gasteiger partial charge in [0.1, 0.15) is 11.9 Å². The summed E-state index contributed by atoms with van der Waals surface area (Å²) in [6, 6.07) is 3.24. The minimum absolute atomic E-state index is 0.607. The van der Waals surface area contributed by atoms with E-state index in [1.807, 2.05) is 23.9 Å². The van der Waals surface area contributed by atoms with Crippen LogP contribution in [0.4, 0.5) is 5.82 Å². The lowest BCUT2D eigenvalue weighted by Crippen LogP contribution is -2.25. The van der Waals surface area contributed by atoms with Crippen LogP contribution in [-0.4, -0.2) is 22.1 Å². The van der Waals surface area contributed by atoms with Crippen molar-refractivity contribution in [3.05, 3.63) is 23.4 Å². The summed E-state index contributed by atoms with van der Waals surface area (Å²) in [5.41, 5.74) is 2.33. The highest BCUT2D eigenvalue weighted by atomic mass is 32.2. The lowest BCUT2D eigenvalue weighted by Gasteiger charge is -2.10. The van der Waals surface area contributed by atoms with Gasteiger partial charge in [0.2, 0.25) is 0 Å². The SMILES string of the molecule is CC(Nc1ccc2c(n1)CSC2)C(=O)O. The molecule has 0 fully saturated rings. The number of rotatable bonds is 3. The third kappa shape index (κ3) is 2.23. The predicted molar refractivity (Wildman–Crippen MR) is 60.0 cm³/mol. The van der Waals surface area contributed by atoms with Crippen molar-refractivity contribution in [1.82, 2.24) is 4.98 Å². The van der Waals surface area contributed by atoms with Gasteiger partial charge in [0, 0.05) is 11.5 Å². The molecule has 4 nitrogen and oxygen atoms in total. The molecule has 1 aromatic rings. The average molecular weight is 224 g/mol. The fourth-order valence-electron chi connectivity index (χ4n) is 1.41. The van der Waals surface area contributed by atoms with Gasteiger partial charge in [-0.2, -0.15) is 11.8 Å². The highest BCUT2D eigenvalue weighted by Gasteiger charge is 2.15. The maximum atomic E-state index is 10.6. The van der Waals surface area contributed by atoms with Crippen LogP contribution in [-0.2, 0) is 16.3 Å². The molecule has 2 N–H and O–H groups in total. The molecule has 2 rings (SSSR count). The Morgan fingerprint density at radius 2 is 2.40 bits per heavy atom. The van der Waals surface area contributed by atoms with E-state index in [1.165, 1.54) is 5.56 Å². The number of thioether (sulfide) groups is 1. The first-order valence-electron chi connectivity index (χ1n) is 4.72. The fraction of sp³-hybridized carbons (Fsp3) is 0.400. The van der Waals surface area contributed by atoms with Crippen LogP contribution in [0.3, 0.4) is 0 Å². The molecule has 80 valence electrons. The van der Waals surface area contributed by atoms with Gasteiger partial charge >= 0.3 is 5.97 Å². The summed E-state index contributed by atoms with van der Waals surface area (Å²) < 4.78 is 0. The Labute approximate surface area is 92.1 Å². The smallest absolute Gasteiger partial charge is 0.325 e. The molecule has 0 radical (unpaired) electrons. The van der Waals surface area contributed by atoms with Crippen molar-refractivity contribution in [2.75, 3.05) is 5.32 Å². The molecule has 0 amide bonds. The number of fused-ring (bicyclic) bond motifs is 1. The maximum absolute atomic E-state index is 10.6. The zero-order valence-corrected chi connectivity index (χ0v) is 9.17. The number of hydrogen-bond acceptors (Lipinski definition) is 4. The van der Waals surface area contributed by atoms with Gasteiger partial charge < -0.3 is 10.4 Å². The molecule has 5 heteroatoms. The van der Waals surface area contributed by atoms with E-state index < -0.39 is 12.0 Å². The van der Waals surface area contributed by atoms with Gasteiger partial charge in [-0.15, -0.1) is 0 Å². The molecule has 0 saturated heterocycles. The molecule has 2 heterocycles. The monoisotopic (exact) mass is 224 g/mol. The van der Waals surface area contributed by atoms with Gasteiger partial charge in [0.05, 0.1) is 5.69 Å². The number of nitrogens with one attached hydrogen (secondary N) is 1. The summed E-state index contributed by atoms with van der Waals surface area (Å²) in [6.07, 6.45) is 0. The molecule has 1 aliphatic heterocycles. The van der Waals surface area contributed by atoms with E-state index in [-0.39, 0.29) is 0 Å². The average Bonchev–Trinajstić information content (AvgIpc) is 2.64. The van der Waals surface area contributed by atoms with Crippen LogP contribution < -0.4 is 5.32 Å². The van der Waals surface area contributed by atoms with Crippen LogP contribution in [0.2, 0.25) is 0 Å². The Morgan fingerprint density at radius 1 is 1.60 bits per heavy atom. The van der Waals surface area contributed by atoms with Crippen molar-refractivity contribution in [2.45, 2.75) is 24.5 Å². The van der Waals surface area contributed by atoms with Crippen molar-refractivity contribution in [1.29, 1.82) is 0 Å². The first-order valence-corrected chi connectivity index (χ1v) is 5.88. The van der Waals surface area contributed by atoms with Gasteiger partial charge in [0.25, 0.3) is 0 Å². The number of carbonyl (C=O) groups is 1. The predicted octanol–water partition coefficient (Wildman–Crippen LogP) is 1.71. The number of pyridine rings is 1. The second kappa shape index (κ2) is 4.10. The molecule has 1 unspecified atom stereocenters. The van der Waals surface area contributed by atoms with Crippen LogP contribution in [0.5, 0.6) is 0 Å². The second-order valence-corrected chi connectivity index (χ2v) is 4.48. The molecular formula is C10H12N2O2S. The molecule has 0 aliphatic carbocycles. The molecule has 1 aromatic heterocycles. The molecule has 0 aromatic carbocycles. The largest absolute Gasteiger partial charge is 0.480 e. The summed E-state index contributed by atoms with van der Waals surface area (Å²) in [4.78, 5) is 15.0. The lowest BCUT2D eigenvalue weighted by molar-refractivity contribution is -0.137. The van der Waals surface area contributed by atoms with E-state index in [0.717, 1.165) is 17.2 Å². The normalized spacial score (nSPS) is 15.8. The molecule has 0 bridgehead atoms. The van der Waals surface area contributed by atoms with Gasteiger partial charge in [-0.3, -0.25) is 4.79 Å². The first-order chi connectivity index (χ1) is 7.16. The zero-order chi connectivity index (χ0) is 10.8. The number of carboxylic acid groups (broad SMARTS) is 1. The molecular weight excluding hydrogens is 212 g/mol. The number of hydrogen-bond donors (Lipinski definition) is 2. The topological polar surface area (TPSA) is 62.2 Å². The van der Waals surface area contributed by atoms with Gasteiger partial charge in [0.15, 0.2) is 0 Å². The highest BCUT2D eigenvalue weighted by molar-refractivity contribution is 7.98. The third-order valence-corrected chi connectivity index (χ3v) is 3.29. The highest BCUT2D eigenvalue weighted by Crippen LogP contribution is 2.29. The summed E-state index contributed by atoms with van der Waals surface area (Å²) in [5.74, 6) is 1.71. The molecule has 15 heavy (non-hydrogen) atoms. The van der Waals surface area contributed by atoms with Crippen molar-refractivity contribution < 1.29 is 9.90 Å².